The number of amides is 1. The molecule has 34 heavy (non-hydrogen) atoms. The Morgan fingerprint density at radius 3 is 2.88 bits per heavy atom. The number of carbonyl (C=O) groups excluding carboxylic acids is 1. The second kappa shape index (κ2) is 9.78. The first-order chi connectivity index (χ1) is 16.6. The molecule has 2 saturated heterocycles. The maximum absolute atomic E-state index is 13.2. The maximum Gasteiger partial charge on any atom is 0.254 e. The van der Waals surface area contributed by atoms with E-state index in [1.165, 1.54) is 9.12 Å². The number of nitrogens with one attached hydrogen (secondary N) is 1. The minimum Gasteiger partial charge on any atom is -0.495 e. The molecule has 9 nitrogen and oxygen atoms in total. The third kappa shape index (κ3) is 4.40. The van der Waals surface area contributed by atoms with Gasteiger partial charge in [0.2, 0.25) is 11.8 Å². The van der Waals surface area contributed by atoms with Crippen molar-refractivity contribution < 1.29 is 19.0 Å². The molecule has 0 unspecified atom stereocenters. The summed E-state index contributed by atoms with van der Waals surface area (Å²) < 4.78 is 18.7. The molecule has 0 atom stereocenters. The van der Waals surface area contributed by atoms with Gasteiger partial charge in [0.25, 0.3) is 5.91 Å². The zero-order chi connectivity index (χ0) is 23.7. The van der Waals surface area contributed by atoms with Gasteiger partial charge < -0.3 is 24.4 Å². The fourth-order valence-electron chi connectivity index (χ4n) is 4.56. The van der Waals surface area contributed by atoms with Crippen LogP contribution in [0.2, 0.25) is 0 Å². The van der Waals surface area contributed by atoms with Crippen LogP contribution in [-0.2, 0) is 4.74 Å². The first-order valence-corrected chi connectivity index (χ1v) is 14.5. The van der Waals surface area contributed by atoms with Crippen molar-refractivity contribution in [3.63, 3.8) is 0 Å². The van der Waals surface area contributed by atoms with Gasteiger partial charge in [0.1, 0.15) is 5.75 Å². The number of carbonyl (C=O) groups is 1. The van der Waals surface area contributed by atoms with E-state index < -0.39 is 0 Å². The van der Waals surface area contributed by atoms with Crippen molar-refractivity contribution in [2.75, 3.05) is 45.3 Å². The maximum atomic E-state index is 13.2. The van der Waals surface area contributed by atoms with Crippen molar-refractivity contribution in [1.82, 2.24) is 18.8 Å². The Labute approximate surface area is 214 Å². The Hall–Kier alpha value is -2.25. The zero-order valence-electron chi connectivity index (χ0n) is 19.0. The molecule has 1 spiro atoms. The molecule has 11 heteroatoms. The van der Waals surface area contributed by atoms with Gasteiger partial charge in [0, 0.05) is 60.6 Å². The number of ether oxygens (including phenoxy) is 3. The van der Waals surface area contributed by atoms with Gasteiger partial charge in [-0.1, -0.05) is 0 Å². The van der Waals surface area contributed by atoms with Gasteiger partial charge in [-0.15, -0.1) is 0 Å². The van der Waals surface area contributed by atoms with Crippen molar-refractivity contribution >= 4 is 58.9 Å². The van der Waals surface area contributed by atoms with E-state index in [1.54, 1.807) is 13.2 Å². The average Bonchev–Trinajstić information content (AvgIpc) is 3.26. The van der Waals surface area contributed by atoms with Crippen molar-refractivity contribution in [1.29, 1.82) is 0 Å². The van der Waals surface area contributed by atoms with E-state index in [4.69, 9.17) is 14.2 Å². The smallest absolute Gasteiger partial charge is 0.254 e. The fraction of sp³-hybridized carbons (Fsp3) is 0.435. The standard InChI is InChI=1S/C23H26IN5O4S/c1-3-33-20-16-7-10-29(34-24)19(16)26-22(27-20)25-17-6-5-15(11-18(17)31-2)21(30)28-9-4-8-23(12-28)13-32-14-23/h5-7,10-11H,3-4,8-9,12-14H2,1-2H3,(H,25,26,27). The van der Waals surface area contributed by atoms with Gasteiger partial charge in [-0.3, -0.25) is 8.77 Å². The number of hydrogen-bond donors (Lipinski definition) is 1. The monoisotopic (exact) mass is 595 g/mol. The molecule has 5 rings (SSSR count). The highest BCUT2D eigenvalue weighted by Gasteiger charge is 2.43. The predicted molar refractivity (Wildman–Crippen MR) is 140 cm³/mol. The van der Waals surface area contributed by atoms with Crippen LogP contribution in [0.3, 0.4) is 0 Å². The third-order valence-corrected chi connectivity index (χ3v) is 8.01. The van der Waals surface area contributed by atoms with Crippen LogP contribution in [0.1, 0.15) is 30.1 Å². The van der Waals surface area contributed by atoms with E-state index in [-0.39, 0.29) is 11.3 Å². The lowest BCUT2D eigenvalue weighted by Gasteiger charge is -2.48. The van der Waals surface area contributed by atoms with Gasteiger partial charge in [0.15, 0.2) is 5.65 Å². The Morgan fingerprint density at radius 2 is 2.18 bits per heavy atom. The van der Waals surface area contributed by atoms with Crippen LogP contribution in [-0.4, -0.2) is 64.8 Å². The molecule has 3 aromatic rings. The summed E-state index contributed by atoms with van der Waals surface area (Å²) in [4.78, 5) is 24.4. The summed E-state index contributed by atoms with van der Waals surface area (Å²) in [5.41, 5.74) is 2.16. The van der Waals surface area contributed by atoms with E-state index >= 15 is 0 Å². The zero-order valence-corrected chi connectivity index (χ0v) is 22.0. The molecule has 1 N–H and O–H groups in total. The number of methoxy groups -OCH3 is 1. The van der Waals surface area contributed by atoms with Crippen molar-refractivity contribution in [3.8, 4) is 11.6 Å². The number of aromatic nitrogens is 3. The SMILES string of the molecule is CCOc1nc(Nc2ccc(C(=O)N3CCCC4(COC4)C3)cc2OC)nc2c1ccn2SI. The Bertz CT molecular complexity index is 1220. The highest BCUT2D eigenvalue weighted by molar-refractivity contribution is 14.2. The summed E-state index contributed by atoms with van der Waals surface area (Å²) in [7, 11) is 3.10. The number of halogens is 1. The number of hydrogen-bond acceptors (Lipinski definition) is 8. The molecule has 4 heterocycles. The molecule has 2 aliphatic rings. The van der Waals surface area contributed by atoms with Crippen LogP contribution in [0.4, 0.5) is 11.6 Å². The molecular formula is C23H26IN5O4S. The van der Waals surface area contributed by atoms with Crippen LogP contribution in [0.25, 0.3) is 11.0 Å². The quantitative estimate of drug-likeness (QED) is 0.394. The van der Waals surface area contributed by atoms with Gasteiger partial charge in [-0.2, -0.15) is 9.97 Å². The Balaban J connectivity index is 1.40. The predicted octanol–water partition coefficient (Wildman–Crippen LogP) is 4.68. The highest BCUT2D eigenvalue weighted by atomic mass is 127. The summed E-state index contributed by atoms with van der Waals surface area (Å²) >= 11 is 2.21. The number of rotatable bonds is 7. The topological polar surface area (TPSA) is 90.7 Å². The molecule has 0 aliphatic carbocycles. The first kappa shape index (κ1) is 23.5. The van der Waals surface area contributed by atoms with E-state index in [0.717, 1.165) is 50.2 Å². The van der Waals surface area contributed by atoms with Crippen molar-refractivity contribution in [2.24, 2.45) is 5.41 Å². The first-order valence-electron chi connectivity index (χ1n) is 11.2. The molecule has 0 radical (unpaired) electrons. The van der Waals surface area contributed by atoms with Crippen molar-refractivity contribution in [3.05, 3.63) is 36.0 Å². The number of benzene rings is 1. The van der Waals surface area contributed by atoms with Gasteiger partial charge in [0.05, 0.1) is 38.0 Å². The van der Waals surface area contributed by atoms with Gasteiger partial charge in [-0.05, 0) is 44.0 Å². The molecule has 2 fully saturated rings. The minimum atomic E-state index is 0.0176. The number of anilines is 2. The largest absolute Gasteiger partial charge is 0.495 e. The van der Waals surface area contributed by atoms with E-state index in [1.807, 2.05) is 40.2 Å². The molecule has 0 bridgehead atoms. The van der Waals surface area contributed by atoms with E-state index in [0.29, 0.717) is 35.4 Å². The molecule has 2 aliphatic heterocycles. The molecular weight excluding hydrogens is 569 g/mol. The lowest BCUT2D eigenvalue weighted by Crippen LogP contribution is -2.55. The minimum absolute atomic E-state index is 0.0176. The van der Waals surface area contributed by atoms with Crippen LogP contribution in [0, 0.1) is 5.41 Å². The lowest BCUT2D eigenvalue weighted by molar-refractivity contribution is -0.138. The van der Waals surface area contributed by atoms with Crippen LogP contribution in [0.15, 0.2) is 30.5 Å². The van der Waals surface area contributed by atoms with Crippen LogP contribution >= 0.6 is 30.3 Å². The average molecular weight is 595 g/mol. The Kier molecular flexibility index (Phi) is 6.76. The second-order valence-electron chi connectivity index (χ2n) is 8.60. The normalized spacial score (nSPS) is 17.0. The third-order valence-electron chi connectivity index (χ3n) is 6.29. The van der Waals surface area contributed by atoms with E-state index in [2.05, 4.69) is 36.5 Å². The van der Waals surface area contributed by atoms with Gasteiger partial charge >= 0.3 is 0 Å². The van der Waals surface area contributed by atoms with Crippen LogP contribution < -0.4 is 14.8 Å². The van der Waals surface area contributed by atoms with Crippen LogP contribution in [0.5, 0.6) is 11.6 Å². The number of nitrogens with zero attached hydrogens (tertiary/aromatic N) is 4. The molecule has 180 valence electrons. The number of likely N-dealkylation sites (tertiary alicyclic amines) is 1. The molecule has 2 aromatic heterocycles. The summed E-state index contributed by atoms with van der Waals surface area (Å²) in [6.07, 6.45) is 4.06. The summed E-state index contributed by atoms with van der Waals surface area (Å²) in [6.45, 7) is 5.43. The lowest BCUT2D eigenvalue weighted by atomic mass is 9.78. The summed E-state index contributed by atoms with van der Waals surface area (Å²) in [5.74, 6) is 1.47. The fourth-order valence-corrected chi connectivity index (χ4v) is 5.83. The van der Waals surface area contributed by atoms with Gasteiger partial charge in [-0.25, -0.2) is 0 Å². The molecule has 1 amide bonds. The second-order valence-corrected chi connectivity index (χ2v) is 10.3. The van der Waals surface area contributed by atoms with E-state index in [9.17, 15) is 4.79 Å². The number of piperidine rings is 1. The highest BCUT2D eigenvalue weighted by Crippen LogP contribution is 2.38. The van der Waals surface area contributed by atoms with Crippen molar-refractivity contribution in [2.45, 2.75) is 19.8 Å². The molecule has 1 aromatic carbocycles. The number of fused-ring (bicyclic) bond motifs is 1. The summed E-state index contributed by atoms with van der Waals surface area (Å²) in [5, 5.41) is 4.09. The summed E-state index contributed by atoms with van der Waals surface area (Å²) in [6, 6.07) is 7.36. The molecule has 0 saturated carbocycles. The Morgan fingerprint density at radius 1 is 1.32 bits per heavy atom.